The SMILES string of the molecule is C=C1CC[C@@]23CC[C@]4(C)[C@@](OC2=O)([C@@H]3C1)[C@H]1O[C@H]1[C@@H]1[C@@]2(C)CC[C@H](O[C@@H]3OC[C@@H](O)[C@H](O[C@@H]5O[C@H](COC(C)=O)[C@@H](O)[C@H](O)[C@H]5O[C@@H]5O[C@@H](C)[C@H](O)[C@@H](O)[C@H]5O)[C@H]3O)C(C)(C)[C@@H]2CC[C@]14C. The van der Waals surface area contributed by atoms with Crippen molar-refractivity contribution < 1.29 is 88.0 Å². The van der Waals surface area contributed by atoms with Crippen LogP contribution >= 0.6 is 0 Å². The highest BCUT2D eigenvalue weighted by Gasteiger charge is 2.89. The summed E-state index contributed by atoms with van der Waals surface area (Å²) in [5.41, 5.74) is -1.00. The van der Waals surface area contributed by atoms with Gasteiger partial charge in [0.05, 0.1) is 30.3 Å². The predicted octanol–water partition coefficient (Wildman–Crippen LogP) is 1.14. The Morgan fingerprint density at radius 1 is 0.758 bits per heavy atom. The first kappa shape index (κ1) is 47.8. The van der Waals surface area contributed by atoms with E-state index in [1.807, 2.05) is 0 Å². The summed E-state index contributed by atoms with van der Waals surface area (Å²) in [6.45, 7) is 17.9. The van der Waals surface area contributed by atoms with Crippen LogP contribution in [0.4, 0.5) is 0 Å². The van der Waals surface area contributed by atoms with Gasteiger partial charge in [-0.25, -0.2) is 0 Å². The van der Waals surface area contributed by atoms with Gasteiger partial charge in [0.1, 0.15) is 73.8 Å². The zero-order valence-electron chi connectivity index (χ0n) is 39.2. The normalized spacial score (nSPS) is 57.0. The minimum atomic E-state index is -1.82. The van der Waals surface area contributed by atoms with E-state index in [0.29, 0.717) is 6.42 Å². The lowest BCUT2D eigenvalue weighted by molar-refractivity contribution is -0.385. The van der Waals surface area contributed by atoms with Crippen molar-refractivity contribution in [2.75, 3.05) is 13.2 Å². The van der Waals surface area contributed by atoms with Crippen LogP contribution in [0.3, 0.4) is 0 Å². The Balaban J connectivity index is 0.868. The molecule has 7 N–H and O–H groups in total. The molecule has 1 spiro atoms. The van der Waals surface area contributed by atoms with Gasteiger partial charge in [0, 0.05) is 18.3 Å². The second kappa shape index (κ2) is 16.1. The molecule has 0 aromatic heterocycles. The molecule has 5 aliphatic carbocycles. The molecule has 10 aliphatic rings. The number of carbonyl (C=O) groups excluding carboxylic acids is 2. The number of fused-ring (bicyclic) bond motifs is 6. The lowest BCUT2D eigenvalue weighted by Crippen LogP contribution is -2.74. The first-order valence-electron chi connectivity index (χ1n) is 24.3. The van der Waals surface area contributed by atoms with Crippen molar-refractivity contribution in [3.05, 3.63) is 12.2 Å². The minimum Gasteiger partial charge on any atom is -0.463 e. The van der Waals surface area contributed by atoms with E-state index in [-0.39, 0.29) is 58.8 Å². The van der Waals surface area contributed by atoms with E-state index in [1.54, 1.807) is 0 Å². The molecule has 0 aromatic carbocycles. The number of hydrogen-bond acceptors (Lipinski definition) is 18. The monoisotopic (exact) mass is 936 g/mol. The average Bonchev–Trinajstić information content (AvgIpc) is 4.02. The number of aliphatic hydroxyl groups is 7. The van der Waals surface area contributed by atoms with E-state index in [0.717, 1.165) is 58.3 Å². The van der Waals surface area contributed by atoms with Crippen LogP contribution in [-0.2, 0) is 52.2 Å². The van der Waals surface area contributed by atoms with Crippen molar-refractivity contribution in [1.29, 1.82) is 0 Å². The summed E-state index contributed by atoms with van der Waals surface area (Å²) < 4.78 is 55.3. The first-order chi connectivity index (χ1) is 31.0. The molecule has 0 unspecified atom stereocenters. The quantitative estimate of drug-likeness (QED) is 0.0779. The molecular formula is C48H72O18. The highest BCUT2D eigenvalue weighted by atomic mass is 16.8. The van der Waals surface area contributed by atoms with Crippen molar-refractivity contribution in [1.82, 2.24) is 0 Å². The van der Waals surface area contributed by atoms with Crippen molar-refractivity contribution in [3.8, 4) is 0 Å². The van der Waals surface area contributed by atoms with Crippen LogP contribution in [0.15, 0.2) is 12.2 Å². The van der Waals surface area contributed by atoms with Gasteiger partial charge in [0.2, 0.25) is 0 Å². The average molecular weight is 937 g/mol. The Kier molecular flexibility index (Phi) is 11.6. The van der Waals surface area contributed by atoms with Crippen molar-refractivity contribution >= 4 is 11.9 Å². The van der Waals surface area contributed by atoms with Crippen molar-refractivity contribution in [2.24, 2.45) is 44.8 Å². The fourth-order valence-electron chi connectivity index (χ4n) is 16.1. The fraction of sp³-hybridized carbons (Fsp3) is 0.917. The van der Waals surface area contributed by atoms with Crippen molar-refractivity contribution in [2.45, 2.75) is 216 Å². The van der Waals surface area contributed by atoms with E-state index in [4.69, 9.17) is 42.6 Å². The van der Waals surface area contributed by atoms with E-state index >= 15 is 0 Å². The molecule has 5 aliphatic heterocycles. The molecule has 10 rings (SSSR count). The Morgan fingerprint density at radius 3 is 2.21 bits per heavy atom. The van der Waals surface area contributed by atoms with Crippen LogP contribution in [0.25, 0.3) is 0 Å². The van der Waals surface area contributed by atoms with Crippen LogP contribution in [-0.4, -0.2) is 171 Å². The maximum absolute atomic E-state index is 14.0. The number of ether oxygens (including phenoxy) is 9. The van der Waals surface area contributed by atoms with E-state index in [1.165, 1.54) is 12.5 Å². The zero-order chi connectivity index (χ0) is 47.4. The number of allylic oxidation sites excluding steroid dienone is 1. The van der Waals surface area contributed by atoms with Crippen LogP contribution in [0, 0.1) is 44.8 Å². The Labute approximate surface area is 385 Å². The maximum atomic E-state index is 14.0. The standard InChI is InChI=1S/C48H72O18/c1-20-9-14-47-16-15-46(8)45(7)13-10-25-43(4,5)27(11-12-44(25,6)37(45)36-38(63-36)48(46,26(47)17-20)66-42(47)57)62-39-33(56)34(23(50)18-59-39)64-41-35(31(54)29(52)24(61-41)19-58-22(3)49)65-40-32(55)30(53)28(51)21(2)60-40/h21,23-41,50-56H,1,9-19H2,2-8H3/t21-,23+,24+,25-,26+,27-,28-,29+,30+,31-,32+,33+,34-,35+,36-,37+,38-,39-,40-,41-,44-,45+,46-,47-,48+/m0/s1. The predicted molar refractivity (Wildman–Crippen MR) is 225 cm³/mol. The highest BCUT2D eigenvalue weighted by molar-refractivity contribution is 5.82. The summed E-state index contributed by atoms with van der Waals surface area (Å²) in [5, 5.41) is 77.2. The molecule has 0 radical (unpaired) electrons. The molecule has 18 nitrogen and oxygen atoms in total. The fourth-order valence-corrected chi connectivity index (χ4v) is 16.1. The number of rotatable bonds is 8. The topological polar surface area (TPSA) is 262 Å². The molecule has 5 saturated carbocycles. The molecule has 2 bridgehead atoms. The van der Waals surface area contributed by atoms with Crippen molar-refractivity contribution in [3.63, 3.8) is 0 Å². The largest absolute Gasteiger partial charge is 0.463 e. The number of hydrogen-bond donors (Lipinski definition) is 7. The van der Waals surface area contributed by atoms with E-state index in [2.05, 4.69) is 41.2 Å². The summed E-state index contributed by atoms with van der Waals surface area (Å²) in [6, 6.07) is 0. The third-order valence-electron chi connectivity index (χ3n) is 19.8. The number of aliphatic hydroxyl groups excluding tert-OH is 7. The van der Waals surface area contributed by atoms with E-state index < -0.39 is 121 Å². The number of epoxide rings is 1. The van der Waals surface area contributed by atoms with Gasteiger partial charge in [-0.15, -0.1) is 0 Å². The third-order valence-corrected chi connectivity index (χ3v) is 19.8. The maximum Gasteiger partial charge on any atom is 0.313 e. The molecular weight excluding hydrogens is 865 g/mol. The molecule has 5 saturated heterocycles. The summed E-state index contributed by atoms with van der Waals surface area (Å²) in [5.74, 6) is -0.261. The molecule has 25 atom stereocenters. The zero-order valence-corrected chi connectivity index (χ0v) is 39.2. The molecule has 5 heterocycles. The Hall–Kier alpha value is -1.88. The number of esters is 2. The van der Waals surface area contributed by atoms with Crippen LogP contribution in [0.5, 0.6) is 0 Å². The van der Waals surface area contributed by atoms with Gasteiger partial charge in [0.25, 0.3) is 0 Å². The molecule has 18 heteroatoms. The molecule has 10 fully saturated rings. The van der Waals surface area contributed by atoms with Gasteiger partial charge in [-0.3, -0.25) is 9.59 Å². The second-order valence-corrected chi connectivity index (χ2v) is 23.1. The summed E-state index contributed by atoms with van der Waals surface area (Å²) >= 11 is 0. The number of carbonyl (C=O) groups is 2. The van der Waals surface area contributed by atoms with Gasteiger partial charge in [-0.2, -0.15) is 0 Å². The summed E-state index contributed by atoms with van der Waals surface area (Å²) in [7, 11) is 0. The van der Waals surface area contributed by atoms with E-state index in [9.17, 15) is 45.3 Å². The third kappa shape index (κ3) is 6.56. The molecule has 0 amide bonds. The molecule has 0 aromatic rings. The lowest BCUT2D eigenvalue weighted by atomic mass is 9.31. The van der Waals surface area contributed by atoms with Gasteiger partial charge in [-0.1, -0.05) is 46.8 Å². The van der Waals surface area contributed by atoms with Gasteiger partial charge < -0.3 is 78.4 Å². The van der Waals surface area contributed by atoms with Crippen LogP contribution in [0.2, 0.25) is 0 Å². The smallest absolute Gasteiger partial charge is 0.313 e. The van der Waals surface area contributed by atoms with Gasteiger partial charge in [0.15, 0.2) is 24.5 Å². The van der Waals surface area contributed by atoms with Crippen LogP contribution in [0.1, 0.15) is 106 Å². The second-order valence-electron chi connectivity index (χ2n) is 23.1. The van der Waals surface area contributed by atoms with Crippen LogP contribution < -0.4 is 0 Å². The Morgan fingerprint density at radius 2 is 1.48 bits per heavy atom. The summed E-state index contributed by atoms with van der Waals surface area (Å²) in [4.78, 5) is 25.8. The molecule has 372 valence electrons. The highest BCUT2D eigenvalue weighted by Crippen LogP contribution is 2.83. The van der Waals surface area contributed by atoms with Gasteiger partial charge >= 0.3 is 11.9 Å². The minimum absolute atomic E-state index is 0.0314. The summed E-state index contributed by atoms with van der Waals surface area (Å²) in [6.07, 6.45) is -14.7. The van der Waals surface area contributed by atoms with Gasteiger partial charge in [-0.05, 0) is 92.8 Å². The Bertz CT molecular complexity index is 1930. The first-order valence-corrected chi connectivity index (χ1v) is 24.3. The molecule has 66 heavy (non-hydrogen) atoms. The lowest BCUT2D eigenvalue weighted by Gasteiger charge is -2.72.